The second-order valence-electron chi connectivity index (χ2n) is 7.07. The number of nitrogens with one attached hydrogen (secondary N) is 3. The predicted molar refractivity (Wildman–Crippen MR) is 111 cm³/mol. The van der Waals surface area contributed by atoms with E-state index in [2.05, 4.69) is 16.0 Å². The first kappa shape index (κ1) is 20.5. The lowest BCUT2D eigenvalue weighted by atomic mass is 9.93. The number of para-hydroxylation sites is 1. The van der Waals surface area contributed by atoms with Crippen LogP contribution in [-0.2, 0) is 9.59 Å². The number of likely N-dealkylation sites (tertiary alicyclic amines) is 1. The van der Waals surface area contributed by atoms with Gasteiger partial charge in [-0.15, -0.1) is 0 Å². The van der Waals surface area contributed by atoms with Crippen LogP contribution in [0.5, 0.6) is 0 Å². The van der Waals surface area contributed by atoms with Crippen molar-refractivity contribution in [3.8, 4) is 0 Å². The van der Waals surface area contributed by atoms with Crippen LogP contribution in [0.2, 0.25) is 0 Å². The molecule has 3 N–H and O–H groups in total. The van der Waals surface area contributed by atoms with E-state index in [0.29, 0.717) is 13.1 Å². The molecule has 0 radical (unpaired) electrons. The molecule has 3 rings (SSSR count). The molecule has 2 aromatic carbocycles. The molecule has 29 heavy (non-hydrogen) atoms. The van der Waals surface area contributed by atoms with Crippen molar-refractivity contribution in [2.45, 2.75) is 18.9 Å². The third-order valence-corrected chi connectivity index (χ3v) is 5.06. The molecular formula is C22H26N4O3. The minimum absolute atomic E-state index is 0.0561. The number of nitrogens with zero attached hydrogens (tertiary/aromatic N) is 1. The topological polar surface area (TPSA) is 90.5 Å². The van der Waals surface area contributed by atoms with E-state index >= 15 is 0 Å². The van der Waals surface area contributed by atoms with Gasteiger partial charge in [0.1, 0.15) is 6.04 Å². The summed E-state index contributed by atoms with van der Waals surface area (Å²) in [4.78, 5) is 39.3. The van der Waals surface area contributed by atoms with Crippen molar-refractivity contribution in [1.82, 2.24) is 15.5 Å². The summed E-state index contributed by atoms with van der Waals surface area (Å²) in [5, 5.41) is 7.74. The standard InChI is InChI=1S/C22H26N4O3/c1-23-22(29)25-21(28)19(16-9-4-2-5-10-16)26-14-8-11-17(15-26)20(27)24-18-12-6-3-7-13-18/h2-7,9-10,12-13,17,19H,8,11,14-15H2,1H3,(H,24,27)(H2,23,25,28,29). The molecule has 0 aliphatic carbocycles. The first-order chi connectivity index (χ1) is 14.1. The smallest absolute Gasteiger partial charge is 0.321 e. The van der Waals surface area contributed by atoms with Crippen LogP contribution in [-0.4, -0.2) is 42.9 Å². The number of anilines is 1. The third kappa shape index (κ3) is 5.42. The summed E-state index contributed by atoms with van der Waals surface area (Å²) in [6.07, 6.45) is 1.55. The van der Waals surface area contributed by atoms with Crippen molar-refractivity contribution in [1.29, 1.82) is 0 Å². The molecule has 7 nitrogen and oxygen atoms in total. The Morgan fingerprint density at radius 3 is 2.31 bits per heavy atom. The zero-order chi connectivity index (χ0) is 20.6. The lowest BCUT2D eigenvalue weighted by Gasteiger charge is -2.37. The SMILES string of the molecule is CNC(=O)NC(=O)C(c1ccccc1)N1CCCC(C(=O)Nc2ccccc2)C1. The van der Waals surface area contributed by atoms with Crippen molar-refractivity contribution in [3.05, 3.63) is 66.2 Å². The average Bonchev–Trinajstić information content (AvgIpc) is 2.75. The summed E-state index contributed by atoms with van der Waals surface area (Å²) in [6, 6.07) is 17.5. The minimum atomic E-state index is -0.638. The highest BCUT2D eigenvalue weighted by atomic mass is 16.2. The molecule has 1 fully saturated rings. The Hall–Kier alpha value is -3.19. The normalized spacial score (nSPS) is 17.8. The molecule has 0 spiro atoms. The van der Waals surface area contributed by atoms with E-state index in [4.69, 9.17) is 0 Å². The molecule has 2 aromatic rings. The lowest BCUT2D eigenvalue weighted by molar-refractivity contribution is -0.129. The van der Waals surface area contributed by atoms with Gasteiger partial charge in [0.2, 0.25) is 11.8 Å². The maximum absolute atomic E-state index is 12.9. The molecule has 0 saturated carbocycles. The fraction of sp³-hybridized carbons (Fsp3) is 0.318. The Morgan fingerprint density at radius 2 is 1.66 bits per heavy atom. The van der Waals surface area contributed by atoms with Crippen LogP contribution in [0.1, 0.15) is 24.4 Å². The monoisotopic (exact) mass is 394 g/mol. The van der Waals surface area contributed by atoms with Gasteiger partial charge >= 0.3 is 6.03 Å². The highest BCUT2D eigenvalue weighted by molar-refractivity contribution is 5.97. The first-order valence-electron chi connectivity index (χ1n) is 9.76. The van der Waals surface area contributed by atoms with Crippen molar-refractivity contribution in [2.75, 3.05) is 25.5 Å². The van der Waals surface area contributed by atoms with E-state index < -0.39 is 18.0 Å². The predicted octanol–water partition coefficient (Wildman–Crippen LogP) is 2.53. The van der Waals surface area contributed by atoms with E-state index in [1.54, 1.807) is 0 Å². The molecule has 1 aliphatic rings. The van der Waals surface area contributed by atoms with Crippen molar-refractivity contribution in [2.24, 2.45) is 5.92 Å². The van der Waals surface area contributed by atoms with E-state index in [1.807, 2.05) is 65.6 Å². The molecule has 4 amide bonds. The van der Waals surface area contributed by atoms with Crippen LogP contribution in [0, 0.1) is 5.92 Å². The van der Waals surface area contributed by atoms with Gasteiger partial charge in [-0.3, -0.25) is 19.8 Å². The largest absolute Gasteiger partial charge is 0.341 e. The van der Waals surface area contributed by atoms with Crippen LogP contribution >= 0.6 is 0 Å². The van der Waals surface area contributed by atoms with Crippen LogP contribution in [0.25, 0.3) is 0 Å². The molecule has 1 heterocycles. The number of imide groups is 1. The molecule has 0 aromatic heterocycles. The lowest BCUT2D eigenvalue weighted by Crippen LogP contribution is -2.49. The quantitative estimate of drug-likeness (QED) is 0.727. The first-order valence-corrected chi connectivity index (χ1v) is 9.76. The molecule has 1 saturated heterocycles. The Morgan fingerprint density at radius 1 is 1.00 bits per heavy atom. The summed E-state index contributed by atoms with van der Waals surface area (Å²) in [7, 11) is 1.46. The Bertz CT molecular complexity index is 842. The number of benzene rings is 2. The third-order valence-electron chi connectivity index (χ3n) is 5.06. The van der Waals surface area contributed by atoms with E-state index in [9.17, 15) is 14.4 Å². The van der Waals surface area contributed by atoms with Crippen LogP contribution < -0.4 is 16.0 Å². The summed E-state index contributed by atoms with van der Waals surface area (Å²) in [6.45, 7) is 1.12. The fourth-order valence-electron chi connectivity index (χ4n) is 3.63. The zero-order valence-electron chi connectivity index (χ0n) is 16.4. The van der Waals surface area contributed by atoms with Gasteiger partial charge in [-0.1, -0.05) is 48.5 Å². The zero-order valence-corrected chi connectivity index (χ0v) is 16.4. The highest BCUT2D eigenvalue weighted by Crippen LogP contribution is 2.28. The van der Waals surface area contributed by atoms with Crippen molar-refractivity contribution in [3.63, 3.8) is 0 Å². The average molecular weight is 394 g/mol. The summed E-state index contributed by atoms with van der Waals surface area (Å²) >= 11 is 0. The number of carbonyl (C=O) groups is 3. The highest BCUT2D eigenvalue weighted by Gasteiger charge is 2.34. The summed E-state index contributed by atoms with van der Waals surface area (Å²) < 4.78 is 0. The number of amides is 4. The van der Waals surface area contributed by atoms with Crippen LogP contribution in [0.3, 0.4) is 0 Å². The maximum Gasteiger partial charge on any atom is 0.321 e. The number of urea groups is 1. The Balaban J connectivity index is 1.76. The number of carbonyl (C=O) groups excluding carboxylic acids is 3. The van der Waals surface area contributed by atoms with Crippen molar-refractivity contribution >= 4 is 23.5 Å². The molecule has 7 heteroatoms. The number of hydrogen-bond acceptors (Lipinski definition) is 4. The molecule has 0 bridgehead atoms. The van der Waals surface area contributed by atoms with Gasteiger partial charge < -0.3 is 10.6 Å². The summed E-state index contributed by atoms with van der Waals surface area (Å²) in [5.74, 6) is -0.693. The van der Waals surface area contributed by atoms with Crippen LogP contribution in [0.4, 0.5) is 10.5 Å². The molecule has 2 atom stereocenters. The molecule has 152 valence electrons. The van der Waals surface area contributed by atoms with E-state index in [-0.39, 0.29) is 11.8 Å². The second kappa shape index (κ2) is 9.84. The second-order valence-corrected chi connectivity index (χ2v) is 7.07. The van der Waals surface area contributed by atoms with E-state index in [1.165, 1.54) is 7.05 Å². The van der Waals surface area contributed by atoms with Gasteiger partial charge in [0, 0.05) is 19.3 Å². The van der Waals surface area contributed by atoms with Gasteiger partial charge in [0.25, 0.3) is 0 Å². The molecule has 1 aliphatic heterocycles. The Kier molecular flexibility index (Phi) is 6.97. The van der Waals surface area contributed by atoms with Gasteiger partial charge in [-0.2, -0.15) is 0 Å². The van der Waals surface area contributed by atoms with Gasteiger partial charge in [0.05, 0.1) is 5.92 Å². The number of hydrogen-bond donors (Lipinski definition) is 3. The van der Waals surface area contributed by atoms with Gasteiger partial charge in [-0.25, -0.2) is 4.79 Å². The molecule has 2 unspecified atom stereocenters. The maximum atomic E-state index is 12.9. The Labute approximate surface area is 170 Å². The van der Waals surface area contributed by atoms with Gasteiger partial charge in [-0.05, 0) is 37.1 Å². The van der Waals surface area contributed by atoms with Gasteiger partial charge in [0.15, 0.2) is 0 Å². The van der Waals surface area contributed by atoms with Crippen LogP contribution in [0.15, 0.2) is 60.7 Å². The number of rotatable bonds is 5. The van der Waals surface area contributed by atoms with Crippen molar-refractivity contribution < 1.29 is 14.4 Å². The van der Waals surface area contributed by atoms with E-state index in [0.717, 1.165) is 24.1 Å². The molecular weight excluding hydrogens is 368 g/mol. The number of piperidine rings is 1. The minimum Gasteiger partial charge on any atom is -0.341 e. The fourth-order valence-corrected chi connectivity index (χ4v) is 3.63. The summed E-state index contributed by atoms with van der Waals surface area (Å²) in [5.41, 5.74) is 1.55.